The minimum absolute atomic E-state index is 0.00113. The van der Waals surface area contributed by atoms with E-state index in [9.17, 15) is 9.18 Å². The number of halogens is 1. The van der Waals surface area contributed by atoms with Crippen molar-refractivity contribution in [1.29, 1.82) is 0 Å². The fourth-order valence-electron chi connectivity index (χ4n) is 4.10. The number of aryl methyl sites for hydroxylation is 2. The first kappa shape index (κ1) is 19.9. The molecule has 1 fully saturated rings. The summed E-state index contributed by atoms with van der Waals surface area (Å²) in [5.74, 6) is 0.121. The van der Waals surface area contributed by atoms with E-state index in [4.69, 9.17) is 0 Å². The van der Waals surface area contributed by atoms with Crippen molar-refractivity contribution >= 4 is 17.9 Å². The van der Waals surface area contributed by atoms with Gasteiger partial charge >= 0.3 is 0 Å². The van der Waals surface area contributed by atoms with Crippen LogP contribution in [-0.4, -0.2) is 49.9 Å². The highest BCUT2D eigenvalue weighted by Gasteiger charge is 2.31. The predicted molar refractivity (Wildman–Crippen MR) is 112 cm³/mol. The summed E-state index contributed by atoms with van der Waals surface area (Å²) in [6.45, 7) is 6.68. The average Bonchev–Trinajstić information content (AvgIpc) is 3.22. The first-order valence-corrected chi connectivity index (χ1v) is 9.97. The fourth-order valence-corrected chi connectivity index (χ4v) is 4.10. The van der Waals surface area contributed by atoms with E-state index in [1.807, 2.05) is 19.9 Å². The average molecular weight is 409 g/mol. The molecule has 9 heteroatoms. The standard InChI is InChI=1S/C21H24FN7O/c1-13-9-14(2)26-21(25-13)27-18-5-4-8-28(15(18)3)19-11-17(22)10-16(12-30)20(19)29-23-6-7-24-29/h6-7,9-12,15,18H,4-5,8H2,1-3H3,(H,25,26,27)/t15-,18+/m1/s1. The van der Waals surface area contributed by atoms with Gasteiger partial charge in [-0.05, 0) is 51.8 Å². The highest BCUT2D eigenvalue weighted by Crippen LogP contribution is 2.33. The Labute approximate surface area is 174 Å². The smallest absolute Gasteiger partial charge is 0.223 e. The number of benzene rings is 1. The molecule has 2 atom stereocenters. The lowest BCUT2D eigenvalue weighted by atomic mass is 9.96. The van der Waals surface area contributed by atoms with E-state index in [1.54, 1.807) is 0 Å². The van der Waals surface area contributed by atoms with E-state index in [0.29, 0.717) is 23.6 Å². The van der Waals surface area contributed by atoms with E-state index in [0.717, 1.165) is 30.8 Å². The van der Waals surface area contributed by atoms with Gasteiger partial charge in [0.2, 0.25) is 5.95 Å². The zero-order chi connectivity index (χ0) is 21.3. The highest BCUT2D eigenvalue weighted by molar-refractivity contribution is 5.86. The molecule has 1 N–H and O–H groups in total. The van der Waals surface area contributed by atoms with Crippen LogP contribution in [0.2, 0.25) is 0 Å². The van der Waals surface area contributed by atoms with Crippen LogP contribution in [0.15, 0.2) is 30.6 Å². The third-order valence-electron chi connectivity index (χ3n) is 5.42. The molecule has 2 aromatic heterocycles. The van der Waals surface area contributed by atoms with Crippen LogP contribution in [0.5, 0.6) is 0 Å². The summed E-state index contributed by atoms with van der Waals surface area (Å²) in [6, 6.07) is 4.64. The molecule has 30 heavy (non-hydrogen) atoms. The normalized spacial score (nSPS) is 19.0. The van der Waals surface area contributed by atoms with Crippen LogP contribution in [0, 0.1) is 19.7 Å². The Morgan fingerprint density at radius 3 is 2.50 bits per heavy atom. The molecule has 0 amide bonds. The molecule has 8 nitrogen and oxygen atoms in total. The van der Waals surface area contributed by atoms with Crippen LogP contribution in [0.1, 0.15) is 41.5 Å². The minimum Gasteiger partial charge on any atom is -0.365 e. The number of hydrogen-bond donors (Lipinski definition) is 1. The number of aromatic nitrogens is 5. The molecule has 4 rings (SSSR count). The second-order valence-electron chi connectivity index (χ2n) is 7.60. The Balaban J connectivity index is 1.70. The van der Waals surface area contributed by atoms with Crippen molar-refractivity contribution < 1.29 is 9.18 Å². The van der Waals surface area contributed by atoms with Crippen LogP contribution in [-0.2, 0) is 0 Å². The molecule has 1 saturated heterocycles. The van der Waals surface area contributed by atoms with Crippen molar-refractivity contribution in [3.8, 4) is 5.69 Å². The van der Waals surface area contributed by atoms with Gasteiger partial charge in [-0.3, -0.25) is 4.79 Å². The summed E-state index contributed by atoms with van der Waals surface area (Å²) in [5, 5.41) is 11.8. The van der Waals surface area contributed by atoms with Gasteiger partial charge in [-0.15, -0.1) is 4.80 Å². The van der Waals surface area contributed by atoms with Gasteiger partial charge in [-0.1, -0.05) is 0 Å². The minimum atomic E-state index is -0.470. The van der Waals surface area contributed by atoms with Gasteiger partial charge in [0.25, 0.3) is 0 Å². The number of hydrogen-bond acceptors (Lipinski definition) is 7. The first-order valence-electron chi connectivity index (χ1n) is 9.97. The molecule has 1 aromatic carbocycles. The van der Waals surface area contributed by atoms with Crippen molar-refractivity contribution in [2.75, 3.05) is 16.8 Å². The van der Waals surface area contributed by atoms with Crippen molar-refractivity contribution in [1.82, 2.24) is 25.0 Å². The SMILES string of the molecule is Cc1cc(C)nc(N[C@H]2CCCN(c3cc(F)cc(C=O)c3-n3nccn3)[C@@H]2C)n1. The van der Waals surface area contributed by atoms with Gasteiger partial charge < -0.3 is 10.2 Å². The predicted octanol–water partition coefficient (Wildman–Crippen LogP) is 3.10. The monoisotopic (exact) mass is 409 g/mol. The number of rotatable bonds is 5. The summed E-state index contributed by atoms with van der Waals surface area (Å²) in [5.41, 5.74) is 3.08. The molecule has 156 valence electrons. The summed E-state index contributed by atoms with van der Waals surface area (Å²) < 4.78 is 14.4. The van der Waals surface area contributed by atoms with Crippen LogP contribution < -0.4 is 10.2 Å². The van der Waals surface area contributed by atoms with Gasteiger partial charge in [-0.2, -0.15) is 10.2 Å². The van der Waals surface area contributed by atoms with Gasteiger partial charge in [0.05, 0.1) is 18.1 Å². The van der Waals surface area contributed by atoms with Crippen LogP contribution in [0.4, 0.5) is 16.0 Å². The molecule has 0 unspecified atom stereocenters. The summed E-state index contributed by atoms with van der Waals surface area (Å²) in [6.07, 6.45) is 5.52. The molecule has 1 aliphatic rings. The second kappa shape index (κ2) is 8.17. The maximum absolute atomic E-state index is 14.4. The first-order chi connectivity index (χ1) is 14.5. The summed E-state index contributed by atoms with van der Waals surface area (Å²) in [4.78, 5) is 24.1. The van der Waals surface area contributed by atoms with E-state index < -0.39 is 5.82 Å². The number of nitrogens with one attached hydrogen (secondary N) is 1. The molecular formula is C21H24FN7O. The summed E-state index contributed by atoms with van der Waals surface area (Å²) >= 11 is 0. The van der Waals surface area contributed by atoms with E-state index in [1.165, 1.54) is 29.3 Å². The quantitative estimate of drug-likeness (QED) is 0.648. The largest absolute Gasteiger partial charge is 0.365 e. The molecule has 3 aromatic rings. The Kier molecular flexibility index (Phi) is 5.43. The molecule has 3 heterocycles. The van der Waals surface area contributed by atoms with E-state index in [2.05, 4.69) is 37.3 Å². The van der Waals surface area contributed by atoms with Crippen LogP contribution >= 0.6 is 0 Å². The van der Waals surface area contributed by atoms with E-state index in [-0.39, 0.29) is 17.6 Å². The molecule has 0 spiro atoms. The maximum atomic E-state index is 14.4. The van der Waals surface area contributed by atoms with Gasteiger partial charge in [0, 0.05) is 35.6 Å². The van der Waals surface area contributed by atoms with Gasteiger partial charge in [0.15, 0.2) is 6.29 Å². The van der Waals surface area contributed by atoms with Gasteiger partial charge in [0.1, 0.15) is 11.5 Å². The van der Waals surface area contributed by atoms with Gasteiger partial charge in [-0.25, -0.2) is 14.4 Å². The Morgan fingerprint density at radius 1 is 1.13 bits per heavy atom. The van der Waals surface area contributed by atoms with Crippen molar-refractivity contribution in [2.45, 2.75) is 45.7 Å². The summed E-state index contributed by atoms with van der Waals surface area (Å²) in [7, 11) is 0. The number of aldehydes is 1. The number of carbonyl (C=O) groups is 1. The molecule has 0 bridgehead atoms. The lowest BCUT2D eigenvalue weighted by molar-refractivity contribution is 0.112. The van der Waals surface area contributed by atoms with Crippen molar-refractivity contribution in [3.05, 3.63) is 53.4 Å². The van der Waals surface area contributed by atoms with Crippen molar-refractivity contribution in [3.63, 3.8) is 0 Å². The number of anilines is 2. The molecule has 0 aliphatic carbocycles. The highest BCUT2D eigenvalue weighted by atomic mass is 19.1. The Hall–Kier alpha value is -3.36. The Bertz CT molecular complexity index is 1030. The van der Waals surface area contributed by atoms with Crippen molar-refractivity contribution in [2.24, 2.45) is 0 Å². The fraction of sp³-hybridized carbons (Fsp3) is 0.381. The number of piperidine rings is 1. The third-order valence-corrected chi connectivity index (χ3v) is 5.42. The zero-order valence-electron chi connectivity index (χ0n) is 17.2. The Morgan fingerprint density at radius 2 is 1.83 bits per heavy atom. The number of carbonyl (C=O) groups excluding carboxylic acids is 1. The third kappa shape index (κ3) is 3.87. The lowest BCUT2D eigenvalue weighted by Gasteiger charge is -2.42. The zero-order valence-corrected chi connectivity index (χ0v) is 17.2. The second-order valence-corrected chi connectivity index (χ2v) is 7.60. The topological polar surface area (TPSA) is 88.8 Å². The number of nitrogens with zero attached hydrogens (tertiary/aromatic N) is 6. The van der Waals surface area contributed by atoms with Crippen LogP contribution in [0.25, 0.3) is 5.69 Å². The maximum Gasteiger partial charge on any atom is 0.223 e. The molecule has 1 aliphatic heterocycles. The van der Waals surface area contributed by atoms with E-state index >= 15 is 0 Å². The molecule has 0 radical (unpaired) electrons. The molecule has 0 saturated carbocycles. The van der Waals surface area contributed by atoms with Crippen LogP contribution in [0.3, 0.4) is 0 Å². The lowest BCUT2D eigenvalue weighted by Crippen LogP contribution is -2.50. The molecular weight excluding hydrogens is 385 g/mol.